The van der Waals surface area contributed by atoms with E-state index in [4.69, 9.17) is 21.1 Å². The number of benzene rings is 3. The number of hydrogen-bond acceptors (Lipinski definition) is 6. The summed E-state index contributed by atoms with van der Waals surface area (Å²) in [4.78, 5) is 28.8. The third kappa shape index (κ3) is 7.95. The molecule has 0 aromatic heterocycles. The van der Waals surface area contributed by atoms with Crippen LogP contribution in [0, 0.1) is 6.92 Å². The number of methoxy groups -OCH3 is 2. The van der Waals surface area contributed by atoms with Gasteiger partial charge in [-0.25, -0.2) is 8.42 Å². The van der Waals surface area contributed by atoms with Gasteiger partial charge in [-0.3, -0.25) is 13.9 Å². The molecule has 1 N–H and O–H groups in total. The van der Waals surface area contributed by atoms with Gasteiger partial charge in [-0.15, -0.1) is 0 Å². The van der Waals surface area contributed by atoms with Crippen molar-refractivity contribution in [1.29, 1.82) is 0 Å². The third-order valence-electron chi connectivity index (χ3n) is 6.64. The summed E-state index contributed by atoms with van der Waals surface area (Å²) in [6, 6.07) is 17.0. The van der Waals surface area contributed by atoms with Crippen molar-refractivity contribution in [3.05, 3.63) is 82.9 Å². The van der Waals surface area contributed by atoms with E-state index >= 15 is 0 Å². The number of nitrogens with zero attached hydrogens (tertiary/aromatic N) is 2. The molecule has 0 saturated carbocycles. The van der Waals surface area contributed by atoms with Crippen LogP contribution in [-0.2, 0) is 26.2 Å². The third-order valence-corrected chi connectivity index (χ3v) is 8.72. The van der Waals surface area contributed by atoms with E-state index in [1.165, 1.54) is 36.3 Å². The number of hydrogen-bond donors (Lipinski definition) is 1. The molecule has 3 rings (SSSR count). The first kappa shape index (κ1) is 32.8. The van der Waals surface area contributed by atoms with Crippen molar-refractivity contribution in [2.45, 2.75) is 57.6 Å². The van der Waals surface area contributed by atoms with Gasteiger partial charge in [0.2, 0.25) is 11.8 Å². The van der Waals surface area contributed by atoms with Crippen LogP contribution in [0.5, 0.6) is 11.5 Å². The highest BCUT2D eigenvalue weighted by molar-refractivity contribution is 7.92. The summed E-state index contributed by atoms with van der Waals surface area (Å²) in [5, 5.41) is 3.07. The van der Waals surface area contributed by atoms with E-state index in [0.29, 0.717) is 17.9 Å². The molecular formula is C31H38ClN3O6S. The van der Waals surface area contributed by atoms with Crippen LogP contribution in [0.1, 0.15) is 38.3 Å². The first-order valence-electron chi connectivity index (χ1n) is 13.6. The minimum Gasteiger partial charge on any atom is -0.497 e. The second kappa shape index (κ2) is 14.4. The molecule has 0 heterocycles. The predicted octanol–water partition coefficient (Wildman–Crippen LogP) is 5.19. The highest BCUT2D eigenvalue weighted by Crippen LogP contribution is 2.32. The summed E-state index contributed by atoms with van der Waals surface area (Å²) in [7, 11) is -1.21. The standard InChI is InChI=1S/C31H38ClN3O6S/c1-7-28(31(37)33-21(2)3)34(19-23-10-13-25(40-5)14-11-23)30(36)20-35(24-12-17-29(41-6)27(32)18-24)42(38,39)26-15-8-22(4)9-16-26/h8-18,21,28H,7,19-20H2,1-6H3,(H,33,37)/t28-/m1/s1. The maximum absolute atomic E-state index is 14.1. The summed E-state index contributed by atoms with van der Waals surface area (Å²) >= 11 is 6.38. The maximum Gasteiger partial charge on any atom is 0.264 e. The van der Waals surface area contributed by atoms with Crippen molar-refractivity contribution in [3.8, 4) is 11.5 Å². The van der Waals surface area contributed by atoms with Crippen molar-refractivity contribution in [1.82, 2.24) is 10.2 Å². The Labute approximate surface area is 253 Å². The van der Waals surface area contributed by atoms with Crippen molar-refractivity contribution in [3.63, 3.8) is 0 Å². The lowest BCUT2D eigenvalue weighted by molar-refractivity contribution is -0.140. The van der Waals surface area contributed by atoms with Gasteiger partial charge in [0.15, 0.2) is 0 Å². The first-order valence-corrected chi connectivity index (χ1v) is 15.4. The Hall–Kier alpha value is -3.76. The predicted molar refractivity (Wildman–Crippen MR) is 165 cm³/mol. The number of carbonyl (C=O) groups is 2. The van der Waals surface area contributed by atoms with Crippen LogP contribution in [0.25, 0.3) is 0 Å². The molecule has 0 aliphatic rings. The van der Waals surface area contributed by atoms with Gasteiger partial charge < -0.3 is 19.7 Å². The number of halogens is 1. The Balaban J connectivity index is 2.09. The lowest BCUT2D eigenvalue weighted by atomic mass is 10.1. The number of amides is 2. The number of aryl methyl sites for hydroxylation is 1. The summed E-state index contributed by atoms with van der Waals surface area (Å²) in [5.74, 6) is 0.124. The summed E-state index contributed by atoms with van der Waals surface area (Å²) in [6.07, 6.45) is 0.319. The zero-order valence-electron chi connectivity index (χ0n) is 24.8. The molecule has 0 bridgehead atoms. The lowest BCUT2D eigenvalue weighted by Gasteiger charge is -2.33. The molecule has 9 nitrogen and oxygen atoms in total. The molecule has 42 heavy (non-hydrogen) atoms. The Kier molecular flexibility index (Phi) is 11.2. The fraction of sp³-hybridized carbons (Fsp3) is 0.355. The minimum atomic E-state index is -4.22. The zero-order valence-corrected chi connectivity index (χ0v) is 26.3. The van der Waals surface area contributed by atoms with Crippen LogP contribution in [0.3, 0.4) is 0 Å². The lowest BCUT2D eigenvalue weighted by Crippen LogP contribution is -2.53. The van der Waals surface area contributed by atoms with Crippen LogP contribution in [-0.4, -0.2) is 58.0 Å². The van der Waals surface area contributed by atoms with Gasteiger partial charge in [-0.2, -0.15) is 0 Å². The highest BCUT2D eigenvalue weighted by atomic mass is 35.5. The van der Waals surface area contributed by atoms with E-state index in [0.717, 1.165) is 15.4 Å². The Morgan fingerprint density at radius 3 is 2.12 bits per heavy atom. The SMILES string of the molecule is CC[C@H](C(=O)NC(C)C)N(Cc1ccc(OC)cc1)C(=O)CN(c1ccc(OC)c(Cl)c1)S(=O)(=O)c1ccc(C)cc1. The number of nitrogens with one attached hydrogen (secondary N) is 1. The number of anilines is 1. The van der Waals surface area contributed by atoms with Crippen LogP contribution in [0.2, 0.25) is 5.02 Å². The van der Waals surface area contributed by atoms with E-state index in [1.807, 2.05) is 27.7 Å². The fourth-order valence-corrected chi connectivity index (χ4v) is 6.06. The molecule has 3 aromatic carbocycles. The molecule has 0 unspecified atom stereocenters. The van der Waals surface area contributed by atoms with E-state index in [1.54, 1.807) is 49.6 Å². The van der Waals surface area contributed by atoms with Crippen molar-refractivity contribution < 1.29 is 27.5 Å². The van der Waals surface area contributed by atoms with Gasteiger partial charge in [0.25, 0.3) is 10.0 Å². The summed E-state index contributed by atoms with van der Waals surface area (Å²) in [5.41, 5.74) is 1.82. The van der Waals surface area contributed by atoms with Gasteiger partial charge in [0, 0.05) is 12.6 Å². The molecule has 3 aromatic rings. The maximum atomic E-state index is 14.1. The van der Waals surface area contributed by atoms with Gasteiger partial charge >= 0.3 is 0 Å². The number of sulfonamides is 1. The molecule has 0 aliphatic heterocycles. The molecule has 0 spiro atoms. The molecule has 0 aliphatic carbocycles. The average molecular weight is 616 g/mol. The van der Waals surface area contributed by atoms with Crippen molar-refractivity contribution >= 4 is 39.1 Å². The molecule has 0 fully saturated rings. The van der Waals surface area contributed by atoms with E-state index in [2.05, 4.69) is 5.32 Å². The Morgan fingerprint density at radius 2 is 1.60 bits per heavy atom. The normalized spacial score (nSPS) is 12.0. The van der Waals surface area contributed by atoms with E-state index < -0.39 is 28.5 Å². The average Bonchev–Trinajstić information content (AvgIpc) is 2.95. The van der Waals surface area contributed by atoms with E-state index in [9.17, 15) is 18.0 Å². The van der Waals surface area contributed by atoms with Crippen LogP contribution < -0.4 is 19.1 Å². The monoisotopic (exact) mass is 615 g/mol. The molecule has 0 saturated heterocycles. The zero-order chi connectivity index (χ0) is 31.0. The van der Waals surface area contributed by atoms with Gasteiger partial charge in [-0.1, -0.05) is 48.4 Å². The topological polar surface area (TPSA) is 105 Å². The molecule has 1 atom stereocenters. The first-order chi connectivity index (χ1) is 19.9. The quantitative estimate of drug-likeness (QED) is 0.284. The molecule has 0 radical (unpaired) electrons. The highest BCUT2D eigenvalue weighted by Gasteiger charge is 2.34. The summed E-state index contributed by atoms with van der Waals surface area (Å²) < 4.78 is 39.5. The Bertz CT molecular complexity index is 1480. The molecular weight excluding hydrogens is 578 g/mol. The Morgan fingerprint density at radius 1 is 0.952 bits per heavy atom. The molecule has 11 heteroatoms. The van der Waals surface area contributed by atoms with Crippen LogP contribution in [0.15, 0.2) is 71.6 Å². The van der Waals surface area contributed by atoms with Crippen molar-refractivity contribution in [2.75, 3.05) is 25.1 Å². The minimum absolute atomic E-state index is 0.0131. The van der Waals surface area contributed by atoms with Crippen LogP contribution >= 0.6 is 11.6 Å². The second-order valence-corrected chi connectivity index (χ2v) is 12.4. The van der Waals surface area contributed by atoms with Gasteiger partial charge in [0.1, 0.15) is 24.1 Å². The number of ether oxygens (including phenoxy) is 2. The number of carbonyl (C=O) groups excluding carboxylic acids is 2. The van der Waals surface area contributed by atoms with E-state index in [-0.39, 0.29) is 34.1 Å². The summed E-state index contributed by atoms with van der Waals surface area (Å²) in [6.45, 7) is 6.84. The molecule has 226 valence electrons. The smallest absolute Gasteiger partial charge is 0.264 e. The fourth-order valence-electron chi connectivity index (χ4n) is 4.40. The van der Waals surface area contributed by atoms with Gasteiger partial charge in [0.05, 0.1) is 29.8 Å². The van der Waals surface area contributed by atoms with Crippen LogP contribution in [0.4, 0.5) is 5.69 Å². The molecule has 2 amide bonds. The van der Waals surface area contributed by atoms with Crippen molar-refractivity contribution in [2.24, 2.45) is 0 Å². The van der Waals surface area contributed by atoms with Gasteiger partial charge in [-0.05, 0) is 75.2 Å². The second-order valence-electron chi connectivity index (χ2n) is 10.1. The largest absolute Gasteiger partial charge is 0.497 e. The number of rotatable bonds is 13.